The van der Waals surface area contributed by atoms with Gasteiger partial charge in [-0.1, -0.05) is 25.0 Å². The maximum atomic E-state index is 12.7. The minimum Gasteiger partial charge on any atom is -0.307 e. The predicted octanol–water partition coefficient (Wildman–Crippen LogP) is 3.68. The predicted molar refractivity (Wildman–Crippen MR) is 102 cm³/mol. The maximum Gasteiger partial charge on any atom is 0.231 e. The lowest BCUT2D eigenvalue weighted by atomic mass is 10.1. The first-order valence-electron chi connectivity index (χ1n) is 9.30. The van der Waals surface area contributed by atoms with E-state index in [4.69, 9.17) is 4.98 Å². The number of anilines is 1. The summed E-state index contributed by atoms with van der Waals surface area (Å²) in [5, 5.41) is 7.47. The SMILES string of the molecule is Cc1nn(C)c(C)c1CC(=O)Nc1nc2ccccc2n1C1CCCC1. The highest BCUT2D eigenvalue weighted by Crippen LogP contribution is 2.35. The van der Waals surface area contributed by atoms with Crippen molar-refractivity contribution in [1.29, 1.82) is 0 Å². The second-order valence-electron chi connectivity index (χ2n) is 7.23. The minimum absolute atomic E-state index is 0.0428. The molecule has 1 amide bonds. The minimum atomic E-state index is -0.0428. The Bertz CT molecular complexity index is 962. The van der Waals surface area contributed by atoms with Crippen LogP contribution in [-0.4, -0.2) is 25.2 Å². The molecule has 0 spiro atoms. The molecule has 2 heterocycles. The number of aromatic nitrogens is 4. The lowest BCUT2D eigenvalue weighted by Crippen LogP contribution is -2.19. The standard InChI is InChI=1S/C20H25N5O/c1-13-16(14(2)24(3)23-13)12-19(26)22-20-21-17-10-6-7-11-18(17)25(20)15-8-4-5-9-15/h6-7,10-11,15H,4-5,8-9,12H2,1-3H3,(H,21,22,26). The third-order valence-electron chi connectivity index (χ3n) is 5.53. The van der Waals surface area contributed by atoms with Crippen molar-refractivity contribution >= 4 is 22.9 Å². The quantitative estimate of drug-likeness (QED) is 0.780. The highest BCUT2D eigenvalue weighted by molar-refractivity contribution is 5.93. The number of benzene rings is 1. The molecule has 26 heavy (non-hydrogen) atoms. The van der Waals surface area contributed by atoms with Crippen molar-refractivity contribution in [2.45, 2.75) is 52.0 Å². The largest absolute Gasteiger partial charge is 0.307 e. The van der Waals surface area contributed by atoms with Gasteiger partial charge in [0, 0.05) is 24.3 Å². The fourth-order valence-corrected chi connectivity index (χ4v) is 4.07. The van der Waals surface area contributed by atoms with Gasteiger partial charge in [-0.05, 0) is 38.8 Å². The molecule has 6 nitrogen and oxygen atoms in total. The second-order valence-corrected chi connectivity index (χ2v) is 7.23. The van der Waals surface area contributed by atoms with E-state index >= 15 is 0 Å². The zero-order valence-electron chi connectivity index (χ0n) is 15.6. The summed E-state index contributed by atoms with van der Waals surface area (Å²) in [6.07, 6.45) is 5.07. The second kappa shape index (κ2) is 6.59. The summed E-state index contributed by atoms with van der Waals surface area (Å²) in [5.74, 6) is 0.626. The van der Waals surface area contributed by atoms with Crippen LogP contribution in [0.5, 0.6) is 0 Å². The number of fused-ring (bicyclic) bond motifs is 1. The van der Waals surface area contributed by atoms with Crippen LogP contribution in [0, 0.1) is 13.8 Å². The van der Waals surface area contributed by atoms with Gasteiger partial charge in [-0.15, -0.1) is 0 Å². The van der Waals surface area contributed by atoms with Crippen LogP contribution in [0.15, 0.2) is 24.3 Å². The van der Waals surface area contributed by atoms with Crippen LogP contribution in [0.2, 0.25) is 0 Å². The third kappa shape index (κ3) is 2.89. The number of rotatable bonds is 4. The van der Waals surface area contributed by atoms with Gasteiger partial charge in [0.05, 0.1) is 23.1 Å². The maximum absolute atomic E-state index is 12.7. The summed E-state index contributed by atoms with van der Waals surface area (Å²) in [4.78, 5) is 17.4. The first-order chi connectivity index (χ1) is 12.5. The number of carbonyl (C=O) groups excluding carboxylic acids is 1. The van der Waals surface area contributed by atoms with Gasteiger partial charge < -0.3 is 4.57 Å². The number of para-hydroxylation sites is 2. The van der Waals surface area contributed by atoms with Crippen LogP contribution in [0.4, 0.5) is 5.95 Å². The van der Waals surface area contributed by atoms with E-state index in [-0.39, 0.29) is 5.91 Å². The molecule has 0 atom stereocenters. The van der Waals surface area contributed by atoms with Crippen molar-refractivity contribution in [3.8, 4) is 0 Å². The Balaban J connectivity index is 1.64. The number of nitrogens with zero attached hydrogens (tertiary/aromatic N) is 4. The molecule has 1 fully saturated rings. The van der Waals surface area contributed by atoms with Gasteiger partial charge in [-0.3, -0.25) is 14.8 Å². The Hall–Kier alpha value is -2.63. The van der Waals surface area contributed by atoms with Gasteiger partial charge in [0.25, 0.3) is 0 Å². The monoisotopic (exact) mass is 351 g/mol. The summed E-state index contributed by atoms with van der Waals surface area (Å²) in [7, 11) is 1.91. The number of aryl methyl sites for hydroxylation is 2. The molecule has 1 aromatic carbocycles. The fourth-order valence-electron chi connectivity index (χ4n) is 4.07. The Morgan fingerprint density at radius 2 is 1.96 bits per heavy atom. The van der Waals surface area contributed by atoms with Crippen molar-refractivity contribution in [3.63, 3.8) is 0 Å². The normalized spacial score (nSPS) is 15.0. The Labute approximate surface area is 153 Å². The molecule has 136 valence electrons. The summed E-state index contributed by atoms with van der Waals surface area (Å²) in [5.41, 5.74) is 4.96. The molecule has 0 bridgehead atoms. The van der Waals surface area contributed by atoms with E-state index in [1.165, 1.54) is 12.8 Å². The lowest BCUT2D eigenvalue weighted by molar-refractivity contribution is -0.115. The Morgan fingerprint density at radius 3 is 2.65 bits per heavy atom. The van der Waals surface area contributed by atoms with Gasteiger partial charge >= 0.3 is 0 Å². The van der Waals surface area contributed by atoms with Crippen LogP contribution in [-0.2, 0) is 18.3 Å². The summed E-state index contributed by atoms with van der Waals surface area (Å²) in [6.45, 7) is 3.94. The zero-order chi connectivity index (χ0) is 18.3. The van der Waals surface area contributed by atoms with E-state index in [0.717, 1.165) is 40.8 Å². The van der Waals surface area contributed by atoms with Gasteiger partial charge in [-0.2, -0.15) is 5.10 Å². The molecular formula is C20H25N5O. The summed E-state index contributed by atoms with van der Waals surface area (Å²) in [6, 6.07) is 8.53. The molecule has 1 aliphatic rings. The highest BCUT2D eigenvalue weighted by atomic mass is 16.1. The number of imidazole rings is 1. The van der Waals surface area contributed by atoms with E-state index in [1.54, 1.807) is 0 Å². The van der Waals surface area contributed by atoms with Crippen LogP contribution in [0.3, 0.4) is 0 Å². The number of hydrogen-bond acceptors (Lipinski definition) is 3. The van der Waals surface area contributed by atoms with Crippen LogP contribution in [0.25, 0.3) is 11.0 Å². The number of amides is 1. The molecule has 1 aliphatic carbocycles. The van der Waals surface area contributed by atoms with Gasteiger partial charge in [-0.25, -0.2) is 4.98 Å². The molecule has 0 saturated heterocycles. The average Bonchev–Trinajstić information content (AvgIpc) is 3.30. The van der Waals surface area contributed by atoms with Gasteiger partial charge in [0.15, 0.2) is 0 Å². The van der Waals surface area contributed by atoms with E-state index in [9.17, 15) is 4.79 Å². The van der Waals surface area contributed by atoms with E-state index in [1.807, 2.05) is 43.8 Å². The molecule has 0 aliphatic heterocycles. The topological polar surface area (TPSA) is 64.7 Å². The molecule has 1 N–H and O–H groups in total. The Morgan fingerprint density at radius 1 is 1.23 bits per heavy atom. The molecular weight excluding hydrogens is 326 g/mol. The van der Waals surface area contributed by atoms with Crippen molar-refractivity contribution in [3.05, 3.63) is 41.2 Å². The van der Waals surface area contributed by atoms with Gasteiger partial charge in [0.1, 0.15) is 0 Å². The van der Waals surface area contributed by atoms with E-state index in [2.05, 4.69) is 21.0 Å². The molecule has 4 rings (SSSR count). The molecule has 3 aromatic rings. The molecule has 1 saturated carbocycles. The van der Waals surface area contributed by atoms with Crippen LogP contribution >= 0.6 is 0 Å². The molecule has 0 unspecified atom stereocenters. The summed E-state index contributed by atoms with van der Waals surface area (Å²) >= 11 is 0. The average molecular weight is 351 g/mol. The van der Waals surface area contributed by atoms with Crippen molar-refractivity contribution in [2.75, 3.05) is 5.32 Å². The van der Waals surface area contributed by atoms with E-state index < -0.39 is 0 Å². The summed E-state index contributed by atoms with van der Waals surface area (Å²) < 4.78 is 4.05. The van der Waals surface area contributed by atoms with Gasteiger partial charge in [0.2, 0.25) is 11.9 Å². The van der Waals surface area contributed by atoms with Crippen molar-refractivity contribution < 1.29 is 4.79 Å². The zero-order valence-corrected chi connectivity index (χ0v) is 15.6. The van der Waals surface area contributed by atoms with Crippen molar-refractivity contribution in [2.24, 2.45) is 7.05 Å². The Kier molecular flexibility index (Phi) is 4.26. The molecule has 0 radical (unpaired) electrons. The first kappa shape index (κ1) is 16.8. The molecule has 2 aromatic heterocycles. The number of hydrogen-bond donors (Lipinski definition) is 1. The van der Waals surface area contributed by atoms with E-state index in [0.29, 0.717) is 18.4 Å². The van der Waals surface area contributed by atoms with Crippen molar-refractivity contribution in [1.82, 2.24) is 19.3 Å². The van der Waals surface area contributed by atoms with Crippen LogP contribution < -0.4 is 5.32 Å². The molecule has 6 heteroatoms. The third-order valence-corrected chi connectivity index (χ3v) is 5.53. The smallest absolute Gasteiger partial charge is 0.231 e. The van der Waals surface area contributed by atoms with Crippen LogP contribution in [0.1, 0.15) is 48.7 Å². The lowest BCUT2D eigenvalue weighted by Gasteiger charge is -2.16. The first-order valence-corrected chi connectivity index (χ1v) is 9.30. The number of carbonyl (C=O) groups is 1. The highest BCUT2D eigenvalue weighted by Gasteiger charge is 2.24. The fraction of sp³-hybridized carbons (Fsp3) is 0.450. The number of nitrogens with one attached hydrogen (secondary N) is 1.